The molecule has 1 fully saturated rings. The van der Waals surface area contributed by atoms with Gasteiger partial charge in [0.15, 0.2) is 0 Å². The number of nitrogens with zero attached hydrogens (tertiary/aromatic N) is 3. The lowest BCUT2D eigenvalue weighted by molar-refractivity contribution is 0.0696. The molecule has 31 heavy (non-hydrogen) atoms. The Balaban J connectivity index is 1.47. The smallest absolute Gasteiger partial charge is 0.335 e. The Hall–Kier alpha value is -3.04. The van der Waals surface area contributed by atoms with Gasteiger partial charge < -0.3 is 9.63 Å². The van der Waals surface area contributed by atoms with Crippen LogP contribution in [0.5, 0.6) is 0 Å². The Bertz CT molecular complexity index is 1210. The maximum absolute atomic E-state index is 13.0. The molecule has 9 heteroatoms. The first-order valence-corrected chi connectivity index (χ1v) is 11.4. The third kappa shape index (κ3) is 4.24. The fourth-order valence-electron chi connectivity index (χ4n) is 3.71. The third-order valence-electron chi connectivity index (χ3n) is 5.63. The van der Waals surface area contributed by atoms with Gasteiger partial charge in [0.2, 0.25) is 21.7 Å². The molecule has 0 spiro atoms. The van der Waals surface area contributed by atoms with Crippen LogP contribution in [0.3, 0.4) is 0 Å². The van der Waals surface area contributed by atoms with Crippen molar-refractivity contribution in [3.8, 4) is 11.4 Å². The maximum Gasteiger partial charge on any atom is 0.335 e. The Morgan fingerprint density at radius 1 is 1.10 bits per heavy atom. The summed E-state index contributed by atoms with van der Waals surface area (Å²) in [5.74, 6) is -0.137. The van der Waals surface area contributed by atoms with E-state index in [1.165, 1.54) is 22.5 Å². The lowest BCUT2D eigenvalue weighted by Crippen LogP contribution is -2.38. The lowest BCUT2D eigenvalue weighted by atomic mass is 9.98. The molecule has 0 atom stereocenters. The molecule has 0 radical (unpaired) electrons. The number of carbonyl (C=O) groups is 1. The molecule has 0 aliphatic carbocycles. The number of aromatic carboxylic acids is 1. The number of benzene rings is 2. The van der Waals surface area contributed by atoms with Gasteiger partial charge in [0, 0.05) is 24.6 Å². The van der Waals surface area contributed by atoms with Gasteiger partial charge in [-0.1, -0.05) is 41.1 Å². The minimum atomic E-state index is -3.78. The van der Waals surface area contributed by atoms with E-state index < -0.39 is 16.0 Å². The van der Waals surface area contributed by atoms with Crippen LogP contribution in [0.2, 0.25) is 0 Å². The molecule has 0 bridgehead atoms. The molecular weight excluding hydrogens is 418 g/mol. The zero-order chi connectivity index (χ0) is 22.2. The highest BCUT2D eigenvalue weighted by atomic mass is 32.2. The van der Waals surface area contributed by atoms with Gasteiger partial charge in [-0.05, 0) is 44.4 Å². The van der Waals surface area contributed by atoms with Crippen molar-refractivity contribution in [2.24, 2.45) is 0 Å². The van der Waals surface area contributed by atoms with Gasteiger partial charge in [0.1, 0.15) is 0 Å². The van der Waals surface area contributed by atoms with E-state index in [1.54, 1.807) is 6.92 Å². The van der Waals surface area contributed by atoms with Crippen LogP contribution in [0.1, 0.15) is 46.1 Å². The van der Waals surface area contributed by atoms with Crippen LogP contribution in [-0.4, -0.2) is 47.0 Å². The average molecular weight is 442 g/mol. The molecule has 2 aromatic carbocycles. The Labute approximate surface area is 180 Å². The SMILES string of the molecule is Cc1ccc(-c2noc(C3CCN(S(=O)(=O)c4ccc(C)c(C(=O)O)c4)CC3)n2)cc1. The number of hydrogen-bond donors (Lipinski definition) is 1. The molecular formula is C22H23N3O5S. The van der Waals surface area contributed by atoms with E-state index in [2.05, 4.69) is 10.1 Å². The summed E-state index contributed by atoms with van der Waals surface area (Å²) < 4.78 is 32.9. The third-order valence-corrected chi connectivity index (χ3v) is 7.53. The second kappa shape index (κ2) is 8.24. The number of rotatable bonds is 5. The van der Waals surface area contributed by atoms with Crippen LogP contribution in [0, 0.1) is 13.8 Å². The first-order valence-electron chi connectivity index (χ1n) is 10.0. The monoisotopic (exact) mass is 441 g/mol. The van der Waals surface area contributed by atoms with Crippen molar-refractivity contribution in [1.82, 2.24) is 14.4 Å². The molecule has 1 N–H and O–H groups in total. The van der Waals surface area contributed by atoms with Crippen molar-refractivity contribution < 1.29 is 22.8 Å². The van der Waals surface area contributed by atoms with E-state index in [4.69, 9.17) is 4.52 Å². The number of aromatic nitrogens is 2. The lowest BCUT2D eigenvalue weighted by Gasteiger charge is -2.29. The van der Waals surface area contributed by atoms with Crippen LogP contribution >= 0.6 is 0 Å². The van der Waals surface area contributed by atoms with E-state index in [-0.39, 0.29) is 16.4 Å². The molecule has 2 heterocycles. The molecule has 162 valence electrons. The van der Waals surface area contributed by atoms with Crippen LogP contribution in [-0.2, 0) is 10.0 Å². The van der Waals surface area contributed by atoms with Crippen LogP contribution < -0.4 is 0 Å². The molecule has 8 nitrogen and oxygen atoms in total. The number of carboxylic acid groups (broad SMARTS) is 1. The number of piperidine rings is 1. The normalized spacial score (nSPS) is 15.8. The number of aryl methyl sites for hydroxylation is 2. The quantitative estimate of drug-likeness (QED) is 0.643. The maximum atomic E-state index is 13.0. The summed E-state index contributed by atoms with van der Waals surface area (Å²) in [5.41, 5.74) is 2.52. The summed E-state index contributed by atoms with van der Waals surface area (Å²) in [5, 5.41) is 13.4. The minimum Gasteiger partial charge on any atom is -0.478 e. The number of hydrogen-bond acceptors (Lipinski definition) is 6. The molecule has 0 amide bonds. The van der Waals surface area contributed by atoms with Crippen molar-refractivity contribution in [2.75, 3.05) is 13.1 Å². The largest absolute Gasteiger partial charge is 0.478 e. The average Bonchev–Trinajstić information content (AvgIpc) is 3.24. The van der Waals surface area contributed by atoms with E-state index in [0.717, 1.165) is 11.1 Å². The molecule has 4 rings (SSSR count). The van der Waals surface area contributed by atoms with E-state index in [9.17, 15) is 18.3 Å². The zero-order valence-corrected chi connectivity index (χ0v) is 18.1. The van der Waals surface area contributed by atoms with E-state index in [0.29, 0.717) is 43.2 Å². The predicted octanol–water partition coefficient (Wildman–Crippen LogP) is 3.62. The van der Waals surface area contributed by atoms with Crippen molar-refractivity contribution in [3.05, 3.63) is 65.0 Å². The van der Waals surface area contributed by atoms with Crippen molar-refractivity contribution in [1.29, 1.82) is 0 Å². The first kappa shape index (κ1) is 21.2. The van der Waals surface area contributed by atoms with Gasteiger partial charge in [0.25, 0.3) is 0 Å². The van der Waals surface area contributed by atoms with E-state index >= 15 is 0 Å². The second-order valence-electron chi connectivity index (χ2n) is 7.78. The molecule has 1 aliphatic heterocycles. The topological polar surface area (TPSA) is 114 Å². The fourth-order valence-corrected chi connectivity index (χ4v) is 5.20. The Morgan fingerprint density at radius 2 is 1.77 bits per heavy atom. The van der Waals surface area contributed by atoms with Crippen LogP contribution in [0.15, 0.2) is 51.9 Å². The van der Waals surface area contributed by atoms with Gasteiger partial charge in [-0.25, -0.2) is 13.2 Å². The predicted molar refractivity (Wildman–Crippen MR) is 113 cm³/mol. The molecule has 3 aromatic rings. The number of sulfonamides is 1. The van der Waals surface area contributed by atoms with Gasteiger partial charge in [-0.3, -0.25) is 0 Å². The van der Waals surface area contributed by atoms with E-state index in [1.807, 2.05) is 31.2 Å². The van der Waals surface area contributed by atoms with Gasteiger partial charge in [-0.15, -0.1) is 0 Å². The molecule has 0 saturated carbocycles. The highest BCUT2D eigenvalue weighted by molar-refractivity contribution is 7.89. The van der Waals surface area contributed by atoms with Gasteiger partial charge in [0.05, 0.1) is 10.5 Å². The summed E-state index contributed by atoms with van der Waals surface area (Å²) in [6.07, 6.45) is 1.10. The zero-order valence-electron chi connectivity index (χ0n) is 17.3. The van der Waals surface area contributed by atoms with Crippen molar-refractivity contribution in [3.63, 3.8) is 0 Å². The standard InChI is InChI=1S/C22H23N3O5S/c1-14-3-6-16(7-4-14)20-23-21(30-24-20)17-9-11-25(12-10-17)31(28,29)18-8-5-15(2)19(13-18)22(26)27/h3-8,13,17H,9-12H2,1-2H3,(H,26,27). The first-order chi connectivity index (χ1) is 14.8. The van der Waals surface area contributed by atoms with Crippen molar-refractivity contribution >= 4 is 16.0 Å². The van der Waals surface area contributed by atoms with Gasteiger partial charge in [-0.2, -0.15) is 9.29 Å². The highest BCUT2D eigenvalue weighted by Crippen LogP contribution is 2.31. The summed E-state index contributed by atoms with van der Waals surface area (Å²) >= 11 is 0. The second-order valence-corrected chi connectivity index (χ2v) is 9.72. The van der Waals surface area contributed by atoms with Gasteiger partial charge >= 0.3 is 5.97 Å². The van der Waals surface area contributed by atoms with Crippen LogP contribution in [0.4, 0.5) is 0 Å². The summed E-state index contributed by atoms with van der Waals surface area (Å²) in [7, 11) is -3.78. The summed E-state index contributed by atoms with van der Waals surface area (Å²) in [4.78, 5) is 15.9. The molecule has 1 saturated heterocycles. The van der Waals surface area contributed by atoms with Crippen LogP contribution in [0.25, 0.3) is 11.4 Å². The molecule has 1 aromatic heterocycles. The molecule has 0 unspecified atom stereocenters. The number of carboxylic acids is 1. The summed E-state index contributed by atoms with van der Waals surface area (Å²) in [6.45, 7) is 4.24. The molecule has 1 aliphatic rings. The summed E-state index contributed by atoms with van der Waals surface area (Å²) in [6, 6.07) is 12.0. The van der Waals surface area contributed by atoms with Crippen molar-refractivity contribution in [2.45, 2.75) is 37.5 Å². The Kier molecular flexibility index (Phi) is 5.63. The minimum absolute atomic E-state index is 0.00611. The Morgan fingerprint density at radius 3 is 2.42 bits per heavy atom. The highest BCUT2D eigenvalue weighted by Gasteiger charge is 2.32. The fraction of sp³-hybridized carbons (Fsp3) is 0.318.